The Hall–Kier alpha value is -1.77. The van der Waals surface area contributed by atoms with Gasteiger partial charge < -0.3 is 10.3 Å². The molecule has 1 aliphatic rings. The molecule has 0 radical (unpaired) electrons. The van der Waals surface area contributed by atoms with Crippen molar-refractivity contribution in [2.75, 3.05) is 6.54 Å². The number of hydrogen-bond donors (Lipinski definition) is 2. The summed E-state index contributed by atoms with van der Waals surface area (Å²) in [6.07, 6.45) is 7.95. The van der Waals surface area contributed by atoms with Gasteiger partial charge in [-0.1, -0.05) is 38.0 Å². The van der Waals surface area contributed by atoms with Gasteiger partial charge in [-0.3, -0.25) is 4.79 Å². The number of nitrogens with one attached hydrogen (secondary N) is 2. The van der Waals surface area contributed by atoms with Crippen LogP contribution in [0.3, 0.4) is 0 Å². The largest absolute Gasteiger partial charge is 0.361 e. The van der Waals surface area contributed by atoms with Gasteiger partial charge in [-0.15, -0.1) is 0 Å². The smallest absolute Gasteiger partial charge is 0.223 e. The Morgan fingerprint density at radius 3 is 2.90 bits per heavy atom. The molecule has 1 aromatic heterocycles. The van der Waals surface area contributed by atoms with Crippen molar-refractivity contribution in [3.63, 3.8) is 0 Å². The Kier molecular flexibility index (Phi) is 4.28. The molecular weight excluding hydrogens is 260 g/mol. The molecule has 0 bridgehead atoms. The zero-order valence-corrected chi connectivity index (χ0v) is 12.7. The molecule has 0 spiro atoms. The summed E-state index contributed by atoms with van der Waals surface area (Å²) in [4.78, 5) is 15.5. The van der Waals surface area contributed by atoms with E-state index in [0.29, 0.717) is 5.92 Å². The molecule has 1 unspecified atom stereocenters. The Labute approximate surface area is 126 Å². The maximum Gasteiger partial charge on any atom is 0.223 e. The fourth-order valence-corrected chi connectivity index (χ4v) is 3.49. The minimum absolute atomic E-state index is 0.162. The van der Waals surface area contributed by atoms with Gasteiger partial charge >= 0.3 is 0 Å². The summed E-state index contributed by atoms with van der Waals surface area (Å²) < 4.78 is 0. The summed E-state index contributed by atoms with van der Waals surface area (Å²) >= 11 is 0. The lowest BCUT2D eigenvalue weighted by molar-refractivity contribution is -0.125. The first-order valence-corrected chi connectivity index (χ1v) is 8.08. The molecule has 112 valence electrons. The Balaban J connectivity index is 1.52. The first-order valence-electron chi connectivity index (χ1n) is 8.08. The summed E-state index contributed by atoms with van der Waals surface area (Å²) in [5.74, 6) is 0.982. The lowest BCUT2D eigenvalue weighted by atomic mass is 9.92. The molecule has 1 heterocycles. The number of rotatable bonds is 5. The van der Waals surface area contributed by atoms with E-state index in [0.717, 1.165) is 18.5 Å². The number of amides is 1. The normalized spacial score (nSPS) is 17.2. The van der Waals surface area contributed by atoms with Gasteiger partial charge in [0.25, 0.3) is 0 Å². The molecule has 1 saturated carbocycles. The Morgan fingerprint density at radius 2 is 2.10 bits per heavy atom. The lowest BCUT2D eigenvalue weighted by Gasteiger charge is -2.18. The van der Waals surface area contributed by atoms with Gasteiger partial charge in [-0.2, -0.15) is 0 Å². The maximum atomic E-state index is 12.2. The van der Waals surface area contributed by atoms with Gasteiger partial charge in [-0.25, -0.2) is 0 Å². The van der Waals surface area contributed by atoms with Crippen molar-refractivity contribution >= 4 is 16.8 Å². The molecule has 1 amide bonds. The van der Waals surface area contributed by atoms with Gasteiger partial charge in [0.1, 0.15) is 0 Å². The van der Waals surface area contributed by atoms with E-state index < -0.39 is 0 Å². The summed E-state index contributed by atoms with van der Waals surface area (Å²) in [5, 5.41) is 4.37. The highest BCUT2D eigenvalue weighted by atomic mass is 16.1. The molecule has 1 atom stereocenters. The second-order valence-electron chi connectivity index (χ2n) is 6.23. The highest BCUT2D eigenvalue weighted by Gasteiger charge is 2.26. The fraction of sp³-hybridized carbons (Fsp3) is 0.500. The molecule has 2 aromatic rings. The first kappa shape index (κ1) is 14.2. The van der Waals surface area contributed by atoms with Crippen LogP contribution in [-0.2, 0) is 11.2 Å². The molecule has 3 rings (SSSR count). The van der Waals surface area contributed by atoms with E-state index in [4.69, 9.17) is 0 Å². The monoisotopic (exact) mass is 284 g/mol. The molecule has 21 heavy (non-hydrogen) atoms. The number of fused-ring (bicyclic) bond motifs is 1. The van der Waals surface area contributed by atoms with E-state index in [9.17, 15) is 4.79 Å². The number of aromatic nitrogens is 1. The molecule has 2 N–H and O–H groups in total. The molecule has 0 saturated heterocycles. The second kappa shape index (κ2) is 6.33. The number of carbonyl (C=O) groups is 1. The first-order chi connectivity index (χ1) is 10.3. The number of para-hydroxylation sites is 1. The van der Waals surface area contributed by atoms with Crippen LogP contribution in [0.5, 0.6) is 0 Å². The third-order valence-electron chi connectivity index (χ3n) is 4.89. The van der Waals surface area contributed by atoms with Crippen LogP contribution in [0.1, 0.15) is 38.2 Å². The van der Waals surface area contributed by atoms with Gasteiger partial charge in [-0.05, 0) is 36.8 Å². The predicted octanol–water partition coefficient (Wildman–Crippen LogP) is 3.65. The number of H-pyrrole nitrogens is 1. The quantitative estimate of drug-likeness (QED) is 0.865. The van der Waals surface area contributed by atoms with E-state index in [1.54, 1.807) is 0 Å². The number of aromatic amines is 1. The minimum Gasteiger partial charge on any atom is -0.361 e. The number of hydrogen-bond acceptors (Lipinski definition) is 1. The number of benzene rings is 1. The average Bonchev–Trinajstić information content (AvgIpc) is 3.16. The van der Waals surface area contributed by atoms with Crippen molar-refractivity contribution in [2.45, 2.75) is 39.0 Å². The van der Waals surface area contributed by atoms with Crippen LogP contribution >= 0.6 is 0 Å². The third-order valence-corrected chi connectivity index (χ3v) is 4.89. The van der Waals surface area contributed by atoms with Gasteiger partial charge in [0.15, 0.2) is 0 Å². The van der Waals surface area contributed by atoms with Gasteiger partial charge in [0.05, 0.1) is 0 Å². The van der Waals surface area contributed by atoms with Crippen molar-refractivity contribution < 1.29 is 4.79 Å². The molecule has 3 nitrogen and oxygen atoms in total. The Bertz CT molecular complexity index is 610. The molecule has 0 aliphatic heterocycles. The Morgan fingerprint density at radius 1 is 1.33 bits per heavy atom. The van der Waals surface area contributed by atoms with E-state index in [-0.39, 0.29) is 11.8 Å². The third kappa shape index (κ3) is 3.12. The van der Waals surface area contributed by atoms with Gasteiger partial charge in [0, 0.05) is 29.6 Å². The van der Waals surface area contributed by atoms with Crippen LogP contribution in [0.2, 0.25) is 0 Å². The SMILES string of the molecule is CC(C(=O)NCCc1c[nH]c2ccccc12)C1CCCC1. The van der Waals surface area contributed by atoms with Crippen LogP contribution in [0.4, 0.5) is 0 Å². The van der Waals surface area contributed by atoms with Crippen molar-refractivity contribution in [3.05, 3.63) is 36.0 Å². The zero-order chi connectivity index (χ0) is 14.7. The average molecular weight is 284 g/mol. The summed E-state index contributed by atoms with van der Waals surface area (Å²) in [6.45, 7) is 2.80. The lowest BCUT2D eigenvalue weighted by Crippen LogP contribution is -2.33. The van der Waals surface area contributed by atoms with Crippen LogP contribution in [0, 0.1) is 11.8 Å². The second-order valence-corrected chi connectivity index (χ2v) is 6.23. The highest BCUT2D eigenvalue weighted by Crippen LogP contribution is 2.31. The van der Waals surface area contributed by atoms with Crippen molar-refractivity contribution in [3.8, 4) is 0 Å². The van der Waals surface area contributed by atoms with E-state index in [1.165, 1.54) is 36.6 Å². The van der Waals surface area contributed by atoms with Crippen molar-refractivity contribution in [1.82, 2.24) is 10.3 Å². The predicted molar refractivity (Wildman–Crippen MR) is 86.1 cm³/mol. The summed E-state index contributed by atoms with van der Waals surface area (Å²) in [5.41, 5.74) is 2.44. The standard InChI is InChI=1S/C18H24N2O/c1-13(14-6-2-3-7-14)18(21)19-11-10-15-12-20-17-9-5-4-8-16(15)17/h4-5,8-9,12-14,20H,2-3,6-7,10-11H2,1H3,(H,19,21). The van der Waals surface area contributed by atoms with Crippen LogP contribution in [0.25, 0.3) is 10.9 Å². The molecule has 1 aliphatic carbocycles. The summed E-state index contributed by atoms with van der Waals surface area (Å²) in [6, 6.07) is 8.30. The minimum atomic E-state index is 0.162. The van der Waals surface area contributed by atoms with Crippen molar-refractivity contribution in [1.29, 1.82) is 0 Å². The summed E-state index contributed by atoms with van der Waals surface area (Å²) in [7, 11) is 0. The van der Waals surface area contributed by atoms with E-state index in [2.05, 4.69) is 41.6 Å². The molecule has 1 fully saturated rings. The maximum absolute atomic E-state index is 12.2. The van der Waals surface area contributed by atoms with E-state index in [1.807, 2.05) is 6.07 Å². The van der Waals surface area contributed by atoms with Gasteiger partial charge in [0.2, 0.25) is 5.91 Å². The highest BCUT2D eigenvalue weighted by molar-refractivity contribution is 5.83. The van der Waals surface area contributed by atoms with E-state index >= 15 is 0 Å². The van der Waals surface area contributed by atoms with Crippen LogP contribution in [-0.4, -0.2) is 17.4 Å². The molecular formula is C18H24N2O. The van der Waals surface area contributed by atoms with Crippen LogP contribution < -0.4 is 5.32 Å². The molecule has 1 aromatic carbocycles. The van der Waals surface area contributed by atoms with Crippen LogP contribution in [0.15, 0.2) is 30.5 Å². The van der Waals surface area contributed by atoms with Crippen molar-refractivity contribution in [2.24, 2.45) is 11.8 Å². The zero-order valence-electron chi connectivity index (χ0n) is 12.7. The fourth-order valence-electron chi connectivity index (χ4n) is 3.49. The topological polar surface area (TPSA) is 44.9 Å². The molecule has 3 heteroatoms. The number of carbonyl (C=O) groups excluding carboxylic acids is 1.